The standard InChI is InChI=1S/C58H51N/c1-2-11-40(12-3-1)41-20-22-42(23-21-41)43-24-27-46(28-25-43)59(47-29-30-49-48-13-4-6-15-51(48)57(54(49)37-47)31-8-9-32-57)55-18-10-17-53-56(55)50-14-5-7-16-52(50)58(53)44-26-19-38-33-39(35-44)36-45(58)34-38/h1-7,10-18,20-25,27-30,37-39,44-45H,8-9,19,26,31-36H2. The summed E-state index contributed by atoms with van der Waals surface area (Å²) in [6, 6.07) is 63.2. The summed E-state index contributed by atoms with van der Waals surface area (Å²) in [7, 11) is 0. The highest BCUT2D eigenvalue weighted by Gasteiger charge is 2.60. The minimum Gasteiger partial charge on any atom is -0.310 e. The van der Waals surface area contributed by atoms with Crippen molar-refractivity contribution in [2.75, 3.05) is 4.90 Å². The second-order valence-electron chi connectivity index (χ2n) is 19.2. The largest absolute Gasteiger partial charge is 0.310 e. The highest BCUT2D eigenvalue weighted by Crippen LogP contribution is 2.69. The zero-order chi connectivity index (χ0) is 38.7. The molecule has 0 N–H and O–H groups in total. The molecule has 4 bridgehead atoms. The second kappa shape index (κ2) is 12.9. The summed E-state index contributed by atoms with van der Waals surface area (Å²) in [5, 5.41) is 0. The van der Waals surface area contributed by atoms with Crippen LogP contribution in [0.3, 0.4) is 0 Å². The van der Waals surface area contributed by atoms with Crippen LogP contribution in [0.25, 0.3) is 44.5 Å². The Hall–Kier alpha value is -5.66. The van der Waals surface area contributed by atoms with E-state index in [1.807, 2.05) is 0 Å². The minimum atomic E-state index is 0.108. The van der Waals surface area contributed by atoms with Crippen LogP contribution in [-0.2, 0) is 10.8 Å². The summed E-state index contributed by atoms with van der Waals surface area (Å²) in [4.78, 5) is 2.65. The van der Waals surface area contributed by atoms with Crippen LogP contribution in [-0.4, -0.2) is 0 Å². The lowest BCUT2D eigenvalue weighted by molar-refractivity contribution is 0.0618. The van der Waals surface area contributed by atoms with Crippen LogP contribution in [0.15, 0.2) is 164 Å². The average molecular weight is 762 g/mol. The highest BCUT2D eigenvalue weighted by molar-refractivity contribution is 5.96. The number of hydrogen-bond acceptors (Lipinski definition) is 1. The maximum Gasteiger partial charge on any atom is 0.0543 e. The molecule has 1 nitrogen and oxygen atoms in total. The molecule has 5 fully saturated rings. The van der Waals surface area contributed by atoms with Crippen molar-refractivity contribution in [1.29, 1.82) is 0 Å². The molecule has 0 amide bonds. The summed E-state index contributed by atoms with van der Waals surface area (Å²) in [5.74, 6) is 3.27. The fraction of sp³-hybridized carbons (Fsp3) is 0.276. The topological polar surface area (TPSA) is 3.24 Å². The number of anilines is 3. The third kappa shape index (κ3) is 4.85. The van der Waals surface area contributed by atoms with E-state index in [4.69, 9.17) is 0 Å². The first kappa shape index (κ1) is 34.2. The van der Waals surface area contributed by atoms with Gasteiger partial charge in [-0.2, -0.15) is 0 Å². The van der Waals surface area contributed by atoms with Crippen molar-refractivity contribution < 1.29 is 0 Å². The van der Waals surface area contributed by atoms with Gasteiger partial charge >= 0.3 is 0 Å². The van der Waals surface area contributed by atoms with Crippen molar-refractivity contribution in [3.63, 3.8) is 0 Å². The van der Waals surface area contributed by atoms with E-state index < -0.39 is 0 Å². The zero-order valence-electron chi connectivity index (χ0n) is 33.9. The molecule has 7 aliphatic rings. The Kier molecular flexibility index (Phi) is 7.49. The summed E-state index contributed by atoms with van der Waals surface area (Å²) in [5.41, 5.74) is 21.2. The van der Waals surface area contributed by atoms with Crippen molar-refractivity contribution in [2.24, 2.45) is 23.7 Å². The van der Waals surface area contributed by atoms with Gasteiger partial charge in [0, 0.05) is 27.8 Å². The summed E-state index contributed by atoms with van der Waals surface area (Å²) >= 11 is 0. The lowest BCUT2D eigenvalue weighted by atomic mass is 9.51. The smallest absolute Gasteiger partial charge is 0.0543 e. The van der Waals surface area contributed by atoms with Crippen LogP contribution in [0.5, 0.6) is 0 Å². The first-order chi connectivity index (χ1) is 29.2. The van der Waals surface area contributed by atoms with Gasteiger partial charge in [0.25, 0.3) is 0 Å². The van der Waals surface area contributed by atoms with Crippen molar-refractivity contribution in [2.45, 2.75) is 75.0 Å². The predicted molar refractivity (Wildman–Crippen MR) is 245 cm³/mol. The Morgan fingerprint density at radius 3 is 1.78 bits per heavy atom. The third-order valence-electron chi connectivity index (χ3n) is 16.5. The summed E-state index contributed by atoms with van der Waals surface area (Å²) < 4.78 is 0. The Labute approximate surface area is 349 Å². The van der Waals surface area contributed by atoms with Gasteiger partial charge in [-0.05, 0) is 160 Å². The number of nitrogens with zero attached hydrogens (tertiary/aromatic N) is 1. The number of hydrogen-bond donors (Lipinski definition) is 0. The van der Waals surface area contributed by atoms with E-state index >= 15 is 0 Å². The molecule has 7 aliphatic carbocycles. The van der Waals surface area contributed by atoms with Gasteiger partial charge in [0.2, 0.25) is 0 Å². The normalized spacial score (nSPS) is 24.8. The monoisotopic (exact) mass is 761 g/mol. The van der Waals surface area contributed by atoms with Crippen molar-refractivity contribution in [1.82, 2.24) is 0 Å². The fourth-order valence-electron chi connectivity index (χ4n) is 14.3. The molecule has 14 rings (SSSR count). The Morgan fingerprint density at radius 2 is 1.00 bits per heavy atom. The first-order valence-electron chi connectivity index (χ1n) is 22.7. The van der Waals surface area contributed by atoms with Crippen LogP contribution in [0.4, 0.5) is 17.1 Å². The van der Waals surface area contributed by atoms with Gasteiger partial charge in [-0.1, -0.05) is 153 Å². The molecule has 0 aliphatic heterocycles. The third-order valence-corrected chi connectivity index (χ3v) is 16.5. The lowest BCUT2D eigenvalue weighted by Gasteiger charge is -2.53. The van der Waals surface area contributed by atoms with Crippen LogP contribution in [0.1, 0.15) is 86.5 Å². The molecule has 59 heavy (non-hydrogen) atoms. The summed E-state index contributed by atoms with van der Waals surface area (Å²) in [6.07, 6.45) is 13.5. The molecule has 0 saturated heterocycles. The molecule has 5 saturated carbocycles. The Bertz CT molecular complexity index is 2740. The molecule has 5 atom stereocenters. The maximum absolute atomic E-state index is 2.65. The van der Waals surface area contributed by atoms with Gasteiger partial charge in [0.1, 0.15) is 0 Å². The van der Waals surface area contributed by atoms with Gasteiger partial charge in [0.15, 0.2) is 0 Å². The quantitative estimate of drug-likeness (QED) is 0.169. The Balaban J connectivity index is 0.993. The van der Waals surface area contributed by atoms with E-state index in [9.17, 15) is 0 Å². The van der Waals surface area contributed by atoms with Gasteiger partial charge in [-0.3, -0.25) is 0 Å². The van der Waals surface area contributed by atoms with E-state index in [2.05, 4.69) is 169 Å². The van der Waals surface area contributed by atoms with Crippen LogP contribution in [0, 0.1) is 23.7 Å². The molecule has 7 aromatic carbocycles. The van der Waals surface area contributed by atoms with Gasteiger partial charge < -0.3 is 4.90 Å². The van der Waals surface area contributed by atoms with E-state index in [1.54, 1.807) is 16.7 Å². The molecule has 2 spiro atoms. The SMILES string of the molecule is c1ccc(-c2ccc(-c3ccc(N(c4ccc5c(c4)C4(CCCC4)c4ccccc4-5)c4cccc5c4-c4ccccc4C54C5CCC6CC(C5)CC4C6)cc3)cc2)cc1. The molecule has 7 aromatic rings. The predicted octanol–water partition coefficient (Wildman–Crippen LogP) is 15.4. The first-order valence-corrected chi connectivity index (χ1v) is 22.7. The van der Waals surface area contributed by atoms with Crippen molar-refractivity contribution >= 4 is 17.1 Å². The molecule has 5 unspecified atom stereocenters. The number of benzene rings is 7. The van der Waals surface area contributed by atoms with Gasteiger partial charge in [0.05, 0.1) is 5.69 Å². The fourth-order valence-corrected chi connectivity index (χ4v) is 14.3. The lowest BCUT2D eigenvalue weighted by Crippen LogP contribution is -2.48. The Morgan fingerprint density at radius 1 is 0.407 bits per heavy atom. The second-order valence-corrected chi connectivity index (χ2v) is 19.2. The average Bonchev–Trinajstić information content (AvgIpc) is 3.93. The molecular formula is C58H51N. The van der Waals surface area contributed by atoms with Gasteiger partial charge in [-0.25, -0.2) is 0 Å². The summed E-state index contributed by atoms with van der Waals surface area (Å²) in [6.45, 7) is 0. The molecule has 0 aromatic heterocycles. The molecule has 0 radical (unpaired) electrons. The minimum absolute atomic E-state index is 0.108. The van der Waals surface area contributed by atoms with Gasteiger partial charge in [-0.15, -0.1) is 0 Å². The molecule has 288 valence electrons. The van der Waals surface area contributed by atoms with E-state index in [0.717, 1.165) is 23.7 Å². The van der Waals surface area contributed by atoms with Crippen molar-refractivity contribution in [3.8, 4) is 44.5 Å². The molecule has 0 heterocycles. The molecular weight excluding hydrogens is 711 g/mol. The van der Waals surface area contributed by atoms with E-state index in [-0.39, 0.29) is 10.8 Å². The number of fused-ring (bicyclic) bond motifs is 9. The zero-order valence-corrected chi connectivity index (χ0v) is 33.9. The van der Waals surface area contributed by atoms with Crippen LogP contribution >= 0.6 is 0 Å². The number of rotatable bonds is 5. The highest BCUT2D eigenvalue weighted by atomic mass is 15.1. The van der Waals surface area contributed by atoms with E-state index in [1.165, 1.54) is 131 Å². The van der Waals surface area contributed by atoms with Crippen LogP contribution in [0.2, 0.25) is 0 Å². The van der Waals surface area contributed by atoms with E-state index in [0.29, 0.717) is 0 Å². The molecule has 1 heteroatoms. The van der Waals surface area contributed by atoms with Crippen molar-refractivity contribution in [3.05, 3.63) is 186 Å². The van der Waals surface area contributed by atoms with Crippen LogP contribution < -0.4 is 4.90 Å². The maximum atomic E-state index is 2.65.